The zero-order valence-electron chi connectivity index (χ0n) is 15.9. The second kappa shape index (κ2) is 6.22. The quantitative estimate of drug-likeness (QED) is 0.549. The van der Waals surface area contributed by atoms with E-state index in [0.717, 1.165) is 16.3 Å². The van der Waals surface area contributed by atoms with Crippen molar-refractivity contribution in [2.24, 2.45) is 5.41 Å². The fourth-order valence-electron chi connectivity index (χ4n) is 3.17. The molecule has 0 spiro atoms. The predicted octanol–water partition coefficient (Wildman–Crippen LogP) is 5.04. The Balaban J connectivity index is 1.64. The number of fused-ring (bicyclic) bond motifs is 2. The predicted molar refractivity (Wildman–Crippen MR) is 104 cm³/mol. The van der Waals surface area contributed by atoms with Crippen LogP contribution in [-0.2, 0) is 24.7 Å². The van der Waals surface area contributed by atoms with Crippen molar-refractivity contribution in [2.75, 3.05) is 7.05 Å². The number of allylic oxidation sites excluding steroid dienone is 1. The summed E-state index contributed by atoms with van der Waals surface area (Å²) >= 11 is 0. The first kappa shape index (κ1) is 18.3. The summed E-state index contributed by atoms with van der Waals surface area (Å²) in [6.07, 6.45) is 1.59. The molecular weight excluding hydrogens is 361 g/mol. The third-order valence-electron chi connectivity index (χ3n) is 4.43. The minimum absolute atomic E-state index is 0.146. The van der Waals surface area contributed by atoms with E-state index < -0.39 is 13.7 Å². The van der Waals surface area contributed by atoms with E-state index in [-0.39, 0.29) is 5.41 Å². The Morgan fingerprint density at radius 1 is 1.15 bits per heavy atom. The molecule has 3 heterocycles. The van der Waals surface area contributed by atoms with Crippen LogP contribution in [0.4, 0.5) is 0 Å². The Morgan fingerprint density at radius 2 is 1.85 bits per heavy atom. The van der Waals surface area contributed by atoms with Crippen LogP contribution in [0.15, 0.2) is 54.3 Å². The van der Waals surface area contributed by atoms with Crippen molar-refractivity contribution in [3.05, 3.63) is 59.9 Å². The summed E-state index contributed by atoms with van der Waals surface area (Å²) in [6.45, 7) is 6.59. The minimum Gasteiger partial charge on any atom is -0.400 e. The number of nitrogens with zero attached hydrogens (tertiary/aromatic N) is 1. The van der Waals surface area contributed by atoms with E-state index in [1.165, 1.54) is 0 Å². The number of hydrogen-bond donors (Lipinski definition) is 0. The molecule has 0 aliphatic carbocycles. The molecule has 2 bridgehead atoms. The van der Waals surface area contributed by atoms with Crippen molar-refractivity contribution in [2.45, 2.75) is 33.2 Å². The lowest BCUT2D eigenvalue weighted by Gasteiger charge is -2.39. The van der Waals surface area contributed by atoms with Gasteiger partial charge in [0, 0.05) is 18.0 Å². The molecule has 5 rings (SSSR count). The Bertz CT molecular complexity index is 1030. The molecule has 0 radical (unpaired) electrons. The molecule has 2 aromatic carbocycles. The molecular formula is C21H22NO4P. The molecule has 0 amide bonds. The monoisotopic (exact) mass is 383 g/mol. The van der Waals surface area contributed by atoms with Gasteiger partial charge in [0.1, 0.15) is 0 Å². The lowest BCUT2D eigenvalue weighted by Crippen LogP contribution is -2.51. The normalized spacial score (nSPS) is 28.0. The molecule has 3 fully saturated rings. The molecule has 5 nitrogen and oxygen atoms in total. The van der Waals surface area contributed by atoms with Gasteiger partial charge in [-0.1, -0.05) is 54.3 Å². The van der Waals surface area contributed by atoms with Gasteiger partial charge >= 0.3 is 13.7 Å². The van der Waals surface area contributed by atoms with E-state index in [4.69, 9.17) is 13.6 Å². The van der Waals surface area contributed by atoms with Crippen LogP contribution in [0.3, 0.4) is 0 Å². The first-order valence-electron chi connectivity index (χ1n) is 8.83. The molecule has 2 aromatic rings. The van der Waals surface area contributed by atoms with Crippen LogP contribution in [0.2, 0.25) is 0 Å². The lowest BCUT2D eigenvalue weighted by molar-refractivity contribution is -0.241. The Hall–Kier alpha value is -2.09. The summed E-state index contributed by atoms with van der Waals surface area (Å²) in [6, 6.07) is 14.4. The summed E-state index contributed by atoms with van der Waals surface area (Å²) in [5.41, 5.74) is 0.970. The zero-order chi connectivity index (χ0) is 19.3. The standard InChI is InChI=1S/C21H22NO4P/c1-20(2,3)14-8-13-19-21(25-27(23,24-19)26-21)22(4)15-17-11-7-10-16-9-5-6-12-18(16)17/h5-7,9-13H,15H2,1-4H3/b19-13-. The number of phosphoric acid groups is 1. The molecule has 0 saturated carbocycles. The number of phosphoric ester groups is 1. The lowest BCUT2D eigenvalue weighted by atomic mass is 9.98. The molecule has 0 atom stereocenters. The summed E-state index contributed by atoms with van der Waals surface area (Å²) in [5.74, 6) is 5.13. The van der Waals surface area contributed by atoms with Crippen molar-refractivity contribution >= 4 is 18.6 Å². The second-order valence-electron chi connectivity index (χ2n) is 7.83. The maximum absolute atomic E-state index is 12.2. The van der Waals surface area contributed by atoms with Gasteiger partial charge in [-0.2, -0.15) is 0 Å². The van der Waals surface area contributed by atoms with Gasteiger partial charge in [-0.15, -0.1) is 0 Å². The smallest absolute Gasteiger partial charge is 0.400 e. The van der Waals surface area contributed by atoms with Crippen LogP contribution in [0.25, 0.3) is 10.8 Å². The number of hydrogen-bond acceptors (Lipinski definition) is 5. The molecule has 0 N–H and O–H groups in total. The first-order valence-corrected chi connectivity index (χ1v) is 10.3. The van der Waals surface area contributed by atoms with Crippen LogP contribution >= 0.6 is 7.82 Å². The Labute approximate surface area is 159 Å². The van der Waals surface area contributed by atoms with Crippen LogP contribution < -0.4 is 0 Å². The third-order valence-corrected chi connectivity index (χ3v) is 5.80. The molecule has 140 valence electrons. The van der Waals surface area contributed by atoms with E-state index in [1.54, 1.807) is 6.08 Å². The molecule has 27 heavy (non-hydrogen) atoms. The SMILES string of the molecule is CN(Cc1cccc2ccccc12)C12OP(=O)(O/C1=C\C#CC(C)(C)C)O2. The second-order valence-corrected chi connectivity index (χ2v) is 9.27. The van der Waals surface area contributed by atoms with Gasteiger partial charge in [0.25, 0.3) is 0 Å². The highest BCUT2D eigenvalue weighted by Crippen LogP contribution is 2.76. The van der Waals surface area contributed by atoms with Gasteiger partial charge in [-0.3, -0.25) is 0 Å². The number of benzene rings is 2. The highest BCUT2D eigenvalue weighted by Gasteiger charge is 2.72. The van der Waals surface area contributed by atoms with Gasteiger partial charge in [0.05, 0.1) is 0 Å². The maximum Gasteiger partial charge on any atom is 0.538 e. The van der Waals surface area contributed by atoms with Crippen LogP contribution in [0, 0.1) is 17.3 Å². The molecule has 3 aliphatic rings. The number of rotatable bonds is 3. The van der Waals surface area contributed by atoms with Crippen molar-refractivity contribution in [1.82, 2.24) is 4.90 Å². The maximum atomic E-state index is 12.2. The molecule has 6 heteroatoms. The van der Waals surface area contributed by atoms with E-state index in [9.17, 15) is 4.57 Å². The molecule has 3 saturated heterocycles. The van der Waals surface area contributed by atoms with Gasteiger partial charge < -0.3 is 4.52 Å². The average molecular weight is 383 g/mol. The molecule has 0 aromatic heterocycles. The molecule has 3 aliphatic heterocycles. The minimum atomic E-state index is -3.49. The van der Waals surface area contributed by atoms with Gasteiger partial charge in [-0.05, 0) is 44.2 Å². The van der Waals surface area contributed by atoms with Crippen LogP contribution in [0.5, 0.6) is 0 Å². The van der Waals surface area contributed by atoms with Crippen molar-refractivity contribution in [1.29, 1.82) is 0 Å². The van der Waals surface area contributed by atoms with Gasteiger partial charge in [-0.25, -0.2) is 18.5 Å². The summed E-state index contributed by atoms with van der Waals surface area (Å²) in [4.78, 5) is 1.85. The highest BCUT2D eigenvalue weighted by atomic mass is 31.2. The summed E-state index contributed by atoms with van der Waals surface area (Å²) in [5, 5.41) is 2.32. The summed E-state index contributed by atoms with van der Waals surface area (Å²) < 4.78 is 28.8. The average Bonchev–Trinajstić information content (AvgIpc) is 3.02. The van der Waals surface area contributed by atoms with Crippen molar-refractivity contribution in [3.63, 3.8) is 0 Å². The van der Waals surface area contributed by atoms with E-state index in [0.29, 0.717) is 12.3 Å². The van der Waals surface area contributed by atoms with Crippen molar-refractivity contribution < 1.29 is 18.1 Å². The fraction of sp³-hybridized carbons (Fsp3) is 0.333. The highest BCUT2D eigenvalue weighted by molar-refractivity contribution is 7.50. The topological polar surface area (TPSA) is 48.0 Å². The molecule has 0 unspecified atom stereocenters. The van der Waals surface area contributed by atoms with Gasteiger partial charge in [0.2, 0.25) is 0 Å². The Morgan fingerprint density at radius 3 is 2.59 bits per heavy atom. The fourth-order valence-corrected chi connectivity index (χ4v) is 4.73. The summed E-state index contributed by atoms with van der Waals surface area (Å²) in [7, 11) is -1.63. The van der Waals surface area contributed by atoms with Crippen LogP contribution in [0.1, 0.15) is 26.3 Å². The first-order chi connectivity index (χ1) is 12.7. The van der Waals surface area contributed by atoms with Crippen molar-refractivity contribution in [3.8, 4) is 11.8 Å². The Kier molecular flexibility index (Phi) is 4.21. The van der Waals surface area contributed by atoms with E-state index >= 15 is 0 Å². The zero-order valence-corrected chi connectivity index (χ0v) is 16.7. The van der Waals surface area contributed by atoms with E-state index in [2.05, 4.69) is 36.1 Å². The van der Waals surface area contributed by atoms with Gasteiger partial charge in [0.15, 0.2) is 5.76 Å². The largest absolute Gasteiger partial charge is 0.538 e. The van der Waals surface area contributed by atoms with E-state index in [1.807, 2.05) is 50.9 Å². The third kappa shape index (κ3) is 3.31. The number of likely N-dealkylation sites (N-methyl/N-ethyl adjacent to an activating group) is 1. The van der Waals surface area contributed by atoms with Crippen LogP contribution in [-0.4, -0.2) is 17.9 Å².